The van der Waals surface area contributed by atoms with E-state index in [1.165, 1.54) is 0 Å². The Morgan fingerprint density at radius 1 is 1.57 bits per heavy atom. The molecule has 4 heteroatoms. The number of likely N-dealkylation sites (N-methyl/N-ethyl adjacent to an activating group) is 1. The summed E-state index contributed by atoms with van der Waals surface area (Å²) in [6.07, 6.45) is 0. The van der Waals surface area contributed by atoms with E-state index in [9.17, 15) is 4.79 Å². The first-order valence-electron chi connectivity index (χ1n) is 4.65. The summed E-state index contributed by atoms with van der Waals surface area (Å²) in [4.78, 5) is 11.8. The van der Waals surface area contributed by atoms with Gasteiger partial charge in [-0.25, -0.2) is 0 Å². The zero-order valence-corrected chi connectivity index (χ0v) is 9.57. The predicted octanol–water partition coefficient (Wildman–Crippen LogP) is 2.07. The van der Waals surface area contributed by atoms with Gasteiger partial charge in [0.1, 0.15) is 0 Å². The van der Waals surface area contributed by atoms with Crippen LogP contribution in [0.3, 0.4) is 0 Å². The number of hydrogen-bond acceptors (Lipinski definition) is 3. The molecule has 1 amide bonds. The SMILES string of the molecule is CCNC(C)(C)C(=O)Nc1ccsc1. The summed E-state index contributed by atoms with van der Waals surface area (Å²) in [7, 11) is 0. The predicted molar refractivity (Wildman–Crippen MR) is 60.7 cm³/mol. The van der Waals surface area contributed by atoms with Crippen LogP contribution in [-0.2, 0) is 4.79 Å². The zero-order valence-electron chi connectivity index (χ0n) is 8.76. The monoisotopic (exact) mass is 212 g/mol. The van der Waals surface area contributed by atoms with Gasteiger partial charge in [0.25, 0.3) is 0 Å². The van der Waals surface area contributed by atoms with Crippen molar-refractivity contribution in [1.82, 2.24) is 5.32 Å². The van der Waals surface area contributed by atoms with Gasteiger partial charge < -0.3 is 10.6 Å². The van der Waals surface area contributed by atoms with Crippen LogP contribution in [0.5, 0.6) is 0 Å². The number of amides is 1. The summed E-state index contributed by atoms with van der Waals surface area (Å²) in [5, 5.41) is 9.84. The number of rotatable bonds is 4. The quantitative estimate of drug-likeness (QED) is 0.802. The lowest BCUT2D eigenvalue weighted by Gasteiger charge is -2.23. The van der Waals surface area contributed by atoms with Gasteiger partial charge in [0.05, 0.1) is 11.2 Å². The fourth-order valence-electron chi connectivity index (χ4n) is 1.15. The van der Waals surface area contributed by atoms with Crippen molar-refractivity contribution in [3.63, 3.8) is 0 Å². The van der Waals surface area contributed by atoms with E-state index in [0.29, 0.717) is 0 Å². The summed E-state index contributed by atoms with van der Waals surface area (Å²) < 4.78 is 0. The fraction of sp³-hybridized carbons (Fsp3) is 0.500. The molecule has 0 saturated heterocycles. The van der Waals surface area contributed by atoms with Crippen LogP contribution < -0.4 is 10.6 Å². The molecule has 1 rings (SSSR count). The third-order valence-corrected chi connectivity index (χ3v) is 2.65. The van der Waals surface area contributed by atoms with E-state index in [0.717, 1.165) is 12.2 Å². The molecule has 0 aliphatic rings. The van der Waals surface area contributed by atoms with Gasteiger partial charge in [-0.1, -0.05) is 6.92 Å². The Bertz CT molecular complexity index is 293. The first-order chi connectivity index (χ1) is 6.56. The maximum Gasteiger partial charge on any atom is 0.244 e. The third kappa shape index (κ3) is 2.82. The summed E-state index contributed by atoms with van der Waals surface area (Å²) in [5.74, 6) is -0.00208. The smallest absolute Gasteiger partial charge is 0.244 e. The summed E-state index contributed by atoms with van der Waals surface area (Å²) >= 11 is 1.57. The molecule has 0 aliphatic carbocycles. The van der Waals surface area contributed by atoms with Crippen molar-refractivity contribution < 1.29 is 4.79 Å². The maximum atomic E-state index is 11.8. The standard InChI is InChI=1S/C10H16N2OS/c1-4-11-10(2,3)9(13)12-8-5-6-14-7-8/h5-7,11H,4H2,1-3H3,(H,12,13). The van der Waals surface area contributed by atoms with Crippen molar-refractivity contribution in [3.05, 3.63) is 16.8 Å². The minimum atomic E-state index is -0.517. The number of carbonyl (C=O) groups excluding carboxylic acids is 1. The Balaban J connectivity index is 2.57. The van der Waals surface area contributed by atoms with Gasteiger partial charge in [0.15, 0.2) is 0 Å². The molecule has 0 aromatic carbocycles. The van der Waals surface area contributed by atoms with Gasteiger partial charge in [-0.2, -0.15) is 11.3 Å². The molecule has 78 valence electrons. The molecule has 1 heterocycles. The first-order valence-corrected chi connectivity index (χ1v) is 5.59. The highest BCUT2D eigenvalue weighted by molar-refractivity contribution is 7.08. The van der Waals surface area contributed by atoms with E-state index in [-0.39, 0.29) is 5.91 Å². The van der Waals surface area contributed by atoms with Gasteiger partial charge in [-0.05, 0) is 31.8 Å². The van der Waals surface area contributed by atoms with Crippen LogP contribution in [0.4, 0.5) is 5.69 Å². The molecular formula is C10H16N2OS. The van der Waals surface area contributed by atoms with Gasteiger partial charge >= 0.3 is 0 Å². The molecule has 0 atom stereocenters. The topological polar surface area (TPSA) is 41.1 Å². The van der Waals surface area contributed by atoms with Gasteiger partial charge in [-0.3, -0.25) is 4.79 Å². The van der Waals surface area contributed by atoms with E-state index < -0.39 is 5.54 Å². The Morgan fingerprint density at radius 2 is 2.29 bits per heavy atom. The minimum Gasteiger partial charge on any atom is -0.324 e. The molecule has 14 heavy (non-hydrogen) atoms. The molecule has 1 aromatic heterocycles. The average molecular weight is 212 g/mol. The lowest BCUT2D eigenvalue weighted by Crippen LogP contribution is -2.49. The third-order valence-electron chi connectivity index (χ3n) is 1.97. The molecule has 0 bridgehead atoms. The molecule has 0 saturated carbocycles. The largest absolute Gasteiger partial charge is 0.324 e. The van der Waals surface area contributed by atoms with Crippen LogP contribution >= 0.6 is 11.3 Å². The van der Waals surface area contributed by atoms with E-state index in [1.807, 2.05) is 37.6 Å². The second-order valence-electron chi connectivity index (χ2n) is 3.62. The Morgan fingerprint density at radius 3 is 2.79 bits per heavy atom. The Hall–Kier alpha value is -0.870. The van der Waals surface area contributed by atoms with Crippen molar-refractivity contribution >= 4 is 22.9 Å². The molecule has 0 fully saturated rings. The van der Waals surface area contributed by atoms with Crippen molar-refractivity contribution in [2.24, 2.45) is 0 Å². The maximum absolute atomic E-state index is 11.8. The van der Waals surface area contributed by atoms with Crippen LogP contribution in [0, 0.1) is 0 Å². The molecule has 1 aromatic rings. The lowest BCUT2D eigenvalue weighted by atomic mass is 10.0. The number of thiophene rings is 1. The second-order valence-corrected chi connectivity index (χ2v) is 4.40. The highest BCUT2D eigenvalue weighted by Gasteiger charge is 2.25. The highest BCUT2D eigenvalue weighted by Crippen LogP contribution is 2.14. The zero-order chi connectivity index (χ0) is 10.6. The lowest BCUT2D eigenvalue weighted by molar-refractivity contribution is -0.121. The van der Waals surface area contributed by atoms with Crippen molar-refractivity contribution in [3.8, 4) is 0 Å². The Kier molecular flexibility index (Phi) is 3.66. The fourth-order valence-corrected chi connectivity index (χ4v) is 1.73. The Labute approximate surface area is 88.5 Å². The molecule has 0 aliphatic heterocycles. The molecule has 3 nitrogen and oxygen atoms in total. The van der Waals surface area contributed by atoms with E-state index in [4.69, 9.17) is 0 Å². The van der Waals surface area contributed by atoms with Gasteiger partial charge in [0, 0.05) is 5.38 Å². The number of hydrogen-bond donors (Lipinski definition) is 2. The normalized spacial score (nSPS) is 11.4. The first kappa shape index (κ1) is 11.2. The number of anilines is 1. The summed E-state index contributed by atoms with van der Waals surface area (Å²) in [6, 6.07) is 1.89. The minimum absolute atomic E-state index is 0.00208. The highest BCUT2D eigenvalue weighted by atomic mass is 32.1. The van der Waals surface area contributed by atoms with Crippen LogP contribution in [0.25, 0.3) is 0 Å². The summed E-state index contributed by atoms with van der Waals surface area (Å²) in [5.41, 5.74) is 0.349. The molecular weight excluding hydrogens is 196 g/mol. The van der Waals surface area contributed by atoms with Crippen molar-refractivity contribution in [2.45, 2.75) is 26.3 Å². The molecule has 0 spiro atoms. The number of nitrogens with one attached hydrogen (secondary N) is 2. The summed E-state index contributed by atoms with van der Waals surface area (Å²) in [6.45, 7) is 6.51. The van der Waals surface area contributed by atoms with Crippen LogP contribution in [-0.4, -0.2) is 18.0 Å². The van der Waals surface area contributed by atoms with E-state index >= 15 is 0 Å². The van der Waals surface area contributed by atoms with Crippen molar-refractivity contribution in [2.75, 3.05) is 11.9 Å². The van der Waals surface area contributed by atoms with Gasteiger partial charge in [-0.15, -0.1) is 0 Å². The molecule has 0 radical (unpaired) electrons. The second kappa shape index (κ2) is 4.57. The van der Waals surface area contributed by atoms with E-state index in [1.54, 1.807) is 11.3 Å². The van der Waals surface area contributed by atoms with Crippen molar-refractivity contribution in [1.29, 1.82) is 0 Å². The number of carbonyl (C=O) groups is 1. The van der Waals surface area contributed by atoms with Crippen LogP contribution in [0.2, 0.25) is 0 Å². The van der Waals surface area contributed by atoms with E-state index in [2.05, 4.69) is 10.6 Å². The van der Waals surface area contributed by atoms with Gasteiger partial charge in [0.2, 0.25) is 5.91 Å². The molecule has 0 unspecified atom stereocenters. The molecule has 2 N–H and O–H groups in total. The van der Waals surface area contributed by atoms with Crippen LogP contribution in [0.1, 0.15) is 20.8 Å². The average Bonchev–Trinajstić information content (AvgIpc) is 2.56. The van der Waals surface area contributed by atoms with Crippen LogP contribution in [0.15, 0.2) is 16.8 Å².